The highest BCUT2D eigenvalue weighted by molar-refractivity contribution is 6.33. The van der Waals surface area contributed by atoms with Gasteiger partial charge in [0, 0.05) is 19.3 Å². The average molecular weight is 185 g/mol. The number of hydrogen-bond acceptors (Lipinski definition) is 2. The Kier molecular flexibility index (Phi) is 2.82. The Morgan fingerprint density at radius 3 is 2.67 bits per heavy atom. The molecule has 0 radical (unpaired) electrons. The lowest BCUT2D eigenvalue weighted by Crippen LogP contribution is -2.16. The zero-order valence-electron chi connectivity index (χ0n) is 7.34. The monoisotopic (exact) mass is 184 g/mol. The van der Waals surface area contributed by atoms with Crippen LogP contribution in [0, 0.1) is 0 Å². The molecule has 0 heterocycles. The molecular weight excluding hydrogens is 172 g/mol. The van der Waals surface area contributed by atoms with Gasteiger partial charge in [-0.1, -0.05) is 11.6 Å². The molecule has 0 bridgehead atoms. The number of benzene rings is 1. The lowest BCUT2D eigenvalue weighted by Gasteiger charge is -2.18. The smallest absolute Gasteiger partial charge is 0.0659 e. The average Bonchev–Trinajstić information content (AvgIpc) is 2.03. The highest BCUT2D eigenvalue weighted by Gasteiger charge is 2.03. The van der Waals surface area contributed by atoms with Crippen molar-refractivity contribution < 1.29 is 0 Å². The predicted molar refractivity (Wildman–Crippen MR) is 54.8 cm³/mol. The van der Waals surface area contributed by atoms with Crippen LogP contribution in [0.2, 0.25) is 5.02 Å². The van der Waals surface area contributed by atoms with Gasteiger partial charge in [-0.2, -0.15) is 0 Å². The van der Waals surface area contributed by atoms with E-state index in [9.17, 15) is 0 Å². The summed E-state index contributed by atoms with van der Waals surface area (Å²) in [6.45, 7) is 3.01. The van der Waals surface area contributed by atoms with Crippen molar-refractivity contribution in [1.29, 1.82) is 0 Å². The molecule has 0 atom stereocenters. The van der Waals surface area contributed by atoms with Crippen LogP contribution in [-0.4, -0.2) is 13.6 Å². The Bertz CT molecular complexity index is 273. The molecule has 0 aliphatic rings. The van der Waals surface area contributed by atoms with E-state index in [1.807, 2.05) is 19.2 Å². The summed E-state index contributed by atoms with van der Waals surface area (Å²) in [6.07, 6.45) is 0. The summed E-state index contributed by atoms with van der Waals surface area (Å²) in [6, 6.07) is 5.55. The predicted octanol–water partition coefficient (Wildman–Crippen LogP) is 2.38. The first-order chi connectivity index (χ1) is 5.65. The molecule has 1 aromatic rings. The molecule has 2 nitrogen and oxygen atoms in total. The van der Waals surface area contributed by atoms with Crippen LogP contribution in [0.25, 0.3) is 0 Å². The zero-order chi connectivity index (χ0) is 9.14. The molecule has 0 saturated carbocycles. The Morgan fingerprint density at radius 2 is 2.17 bits per heavy atom. The maximum atomic E-state index is 5.98. The maximum absolute atomic E-state index is 5.98. The Hall–Kier alpha value is -0.890. The molecule has 2 N–H and O–H groups in total. The molecule has 66 valence electrons. The fourth-order valence-corrected chi connectivity index (χ4v) is 1.34. The molecule has 0 unspecified atom stereocenters. The largest absolute Gasteiger partial charge is 0.399 e. The molecule has 1 rings (SSSR count). The van der Waals surface area contributed by atoms with Gasteiger partial charge in [0.25, 0.3) is 0 Å². The molecular formula is C9H13ClN2. The third kappa shape index (κ3) is 1.83. The molecule has 0 fully saturated rings. The highest BCUT2D eigenvalue weighted by atomic mass is 35.5. The van der Waals surface area contributed by atoms with Crippen molar-refractivity contribution in [2.45, 2.75) is 6.92 Å². The van der Waals surface area contributed by atoms with Gasteiger partial charge in [0.15, 0.2) is 0 Å². The second-order valence-electron chi connectivity index (χ2n) is 2.73. The second kappa shape index (κ2) is 3.68. The maximum Gasteiger partial charge on any atom is 0.0659 e. The van der Waals surface area contributed by atoms with Crippen LogP contribution in [-0.2, 0) is 0 Å². The van der Waals surface area contributed by atoms with E-state index in [1.54, 1.807) is 6.07 Å². The standard InChI is InChI=1S/C9H13ClN2/c1-3-12(2)9-5-4-7(11)6-8(9)10/h4-6H,3,11H2,1-2H3. The number of halogens is 1. The van der Waals surface area contributed by atoms with Gasteiger partial charge in [0.05, 0.1) is 10.7 Å². The number of hydrogen-bond donors (Lipinski definition) is 1. The van der Waals surface area contributed by atoms with Crippen LogP contribution >= 0.6 is 11.6 Å². The second-order valence-corrected chi connectivity index (χ2v) is 3.13. The molecule has 3 heteroatoms. The number of nitrogens with two attached hydrogens (primary N) is 1. The van der Waals surface area contributed by atoms with Crippen LogP contribution in [0.3, 0.4) is 0 Å². The first kappa shape index (κ1) is 9.20. The normalized spacial score (nSPS) is 9.92. The molecule has 12 heavy (non-hydrogen) atoms. The summed E-state index contributed by atoms with van der Waals surface area (Å²) < 4.78 is 0. The Labute approximate surface area is 77.9 Å². The van der Waals surface area contributed by atoms with Crippen molar-refractivity contribution in [3.63, 3.8) is 0 Å². The third-order valence-electron chi connectivity index (χ3n) is 1.86. The highest BCUT2D eigenvalue weighted by Crippen LogP contribution is 2.26. The number of nitrogens with zero attached hydrogens (tertiary/aromatic N) is 1. The summed E-state index contributed by atoms with van der Waals surface area (Å²) in [5.41, 5.74) is 7.29. The van der Waals surface area contributed by atoms with Gasteiger partial charge in [-0.25, -0.2) is 0 Å². The van der Waals surface area contributed by atoms with Crippen molar-refractivity contribution >= 4 is 23.0 Å². The molecule has 0 saturated heterocycles. The molecule has 0 spiro atoms. The van der Waals surface area contributed by atoms with Crippen LogP contribution in [0.15, 0.2) is 18.2 Å². The van der Waals surface area contributed by atoms with Gasteiger partial charge in [-0.05, 0) is 25.1 Å². The minimum Gasteiger partial charge on any atom is -0.399 e. The van der Waals surface area contributed by atoms with Gasteiger partial charge in [0.2, 0.25) is 0 Å². The van der Waals surface area contributed by atoms with Crippen molar-refractivity contribution in [2.24, 2.45) is 0 Å². The molecule has 0 aliphatic heterocycles. The quantitative estimate of drug-likeness (QED) is 0.716. The summed E-state index contributed by atoms with van der Waals surface area (Å²) in [7, 11) is 2.00. The lowest BCUT2D eigenvalue weighted by molar-refractivity contribution is 0.969. The fourth-order valence-electron chi connectivity index (χ4n) is 1.00. The van der Waals surface area contributed by atoms with Gasteiger partial charge in [-0.3, -0.25) is 0 Å². The SMILES string of the molecule is CCN(C)c1ccc(N)cc1Cl. The van der Waals surface area contributed by atoms with Crippen LogP contribution in [0.5, 0.6) is 0 Å². The summed E-state index contributed by atoms with van der Waals surface area (Å²) in [5.74, 6) is 0. The van der Waals surface area contributed by atoms with Gasteiger partial charge in [0.1, 0.15) is 0 Å². The molecule has 1 aromatic carbocycles. The first-order valence-corrected chi connectivity index (χ1v) is 4.29. The van der Waals surface area contributed by atoms with Crippen molar-refractivity contribution in [3.8, 4) is 0 Å². The van der Waals surface area contributed by atoms with Crippen molar-refractivity contribution in [3.05, 3.63) is 23.2 Å². The van der Waals surface area contributed by atoms with Crippen LogP contribution < -0.4 is 10.6 Å². The van der Waals surface area contributed by atoms with E-state index in [0.717, 1.165) is 12.2 Å². The lowest BCUT2D eigenvalue weighted by atomic mass is 10.2. The third-order valence-corrected chi connectivity index (χ3v) is 2.16. The van der Waals surface area contributed by atoms with E-state index >= 15 is 0 Å². The number of nitrogen functional groups attached to an aromatic ring is 1. The van der Waals surface area contributed by atoms with E-state index in [0.29, 0.717) is 10.7 Å². The van der Waals surface area contributed by atoms with E-state index in [-0.39, 0.29) is 0 Å². The minimum absolute atomic E-state index is 0.702. The van der Waals surface area contributed by atoms with E-state index < -0.39 is 0 Å². The number of rotatable bonds is 2. The van der Waals surface area contributed by atoms with Crippen LogP contribution in [0.4, 0.5) is 11.4 Å². The summed E-state index contributed by atoms with van der Waals surface area (Å²) in [4.78, 5) is 2.07. The van der Waals surface area contributed by atoms with Crippen molar-refractivity contribution in [2.75, 3.05) is 24.2 Å². The molecule has 0 aliphatic carbocycles. The van der Waals surface area contributed by atoms with Gasteiger partial charge >= 0.3 is 0 Å². The van der Waals surface area contributed by atoms with E-state index in [4.69, 9.17) is 17.3 Å². The van der Waals surface area contributed by atoms with E-state index in [2.05, 4.69) is 11.8 Å². The Morgan fingerprint density at radius 1 is 1.50 bits per heavy atom. The van der Waals surface area contributed by atoms with Gasteiger partial charge in [-0.15, -0.1) is 0 Å². The van der Waals surface area contributed by atoms with Crippen molar-refractivity contribution in [1.82, 2.24) is 0 Å². The van der Waals surface area contributed by atoms with Crippen LogP contribution in [0.1, 0.15) is 6.92 Å². The molecule has 0 aromatic heterocycles. The minimum atomic E-state index is 0.702. The summed E-state index contributed by atoms with van der Waals surface area (Å²) in [5, 5.41) is 0.708. The molecule has 0 amide bonds. The van der Waals surface area contributed by atoms with E-state index in [1.165, 1.54) is 0 Å². The summed E-state index contributed by atoms with van der Waals surface area (Å²) >= 11 is 5.98. The zero-order valence-corrected chi connectivity index (χ0v) is 8.10. The number of anilines is 2. The fraction of sp³-hybridized carbons (Fsp3) is 0.333. The first-order valence-electron chi connectivity index (χ1n) is 3.91. The van der Waals surface area contributed by atoms with Gasteiger partial charge < -0.3 is 10.6 Å². The topological polar surface area (TPSA) is 29.3 Å². The Balaban J connectivity index is 3.01.